The van der Waals surface area contributed by atoms with Crippen molar-refractivity contribution in [2.75, 3.05) is 7.05 Å². The molecule has 0 aliphatic heterocycles. The van der Waals surface area contributed by atoms with Gasteiger partial charge in [-0.15, -0.1) is 0 Å². The van der Waals surface area contributed by atoms with Crippen LogP contribution in [0.2, 0.25) is 0 Å². The summed E-state index contributed by atoms with van der Waals surface area (Å²) < 4.78 is 7.25. The Balaban J connectivity index is 1.80. The summed E-state index contributed by atoms with van der Waals surface area (Å²) in [5.74, 6) is 0.741. The molecule has 130 valence electrons. The highest BCUT2D eigenvalue weighted by atomic mass is 16.5. The second kappa shape index (κ2) is 6.97. The van der Waals surface area contributed by atoms with E-state index in [0.717, 1.165) is 35.0 Å². The van der Waals surface area contributed by atoms with Crippen LogP contribution >= 0.6 is 0 Å². The summed E-state index contributed by atoms with van der Waals surface area (Å²) in [6.07, 6.45) is 0. The maximum Gasteiger partial charge on any atom is 0.255 e. The van der Waals surface area contributed by atoms with Crippen molar-refractivity contribution in [2.45, 2.75) is 33.9 Å². The van der Waals surface area contributed by atoms with Crippen molar-refractivity contribution in [3.05, 3.63) is 76.4 Å². The minimum atomic E-state index is -0.00642. The lowest BCUT2D eigenvalue weighted by Gasteiger charge is -2.16. The molecule has 3 aromatic rings. The quantitative estimate of drug-likeness (QED) is 0.713. The van der Waals surface area contributed by atoms with E-state index >= 15 is 0 Å². The average Bonchev–Trinajstić information content (AvgIpc) is 3.13. The summed E-state index contributed by atoms with van der Waals surface area (Å²) in [5.41, 5.74) is 4.77. The second-order valence-corrected chi connectivity index (χ2v) is 6.45. The molecule has 5 heteroatoms. The van der Waals surface area contributed by atoms with E-state index in [1.165, 1.54) is 5.56 Å². The molecular weight excluding hydrogens is 314 g/mol. The smallest absolute Gasteiger partial charge is 0.255 e. The van der Waals surface area contributed by atoms with E-state index in [1.54, 1.807) is 11.9 Å². The molecule has 0 unspecified atom stereocenters. The number of benzene rings is 1. The van der Waals surface area contributed by atoms with Crippen LogP contribution in [0.25, 0.3) is 0 Å². The largest absolute Gasteiger partial charge is 0.361 e. The van der Waals surface area contributed by atoms with Crippen molar-refractivity contribution in [2.24, 2.45) is 0 Å². The molecule has 3 rings (SSSR count). The Kier molecular flexibility index (Phi) is 4.74. The van der Waals surface area contributed by atoms with Gasteiger partial charge in [-0.25, -0.2) is 0 Å². The molecule has 0 N–H and O–H groups in total. The van der Waals surface area contributed by atoms with E-state index < -0.39 is 0 Å². The second-order valence-electron chi connectivity index (χ2n) is 6.45. The molecule has 2 heterocycles. The standard InChI is InChI=1S/C20H23N3O2/c1-14-10-19(16(3)23(14)12-17-8-6-5-7-9-17)20(24)22(4)13-18-11-15(2)25-21-18/h5-11H,12-13H2,1-4H3. The predicted molar refractivity (Wildman–Crippen MR) is 96.5 cm³/mol. The molecule has 0 radical (unpaired) electrons. The number of carbonyl (C=O) groups is 1. The molecule has 0 saturated carbocycles. The zero-order chi connectivity index (χ0) is 18.0. The van der Waals surface area contributed by atoms with Crippen LogP contribution in [0.1, 0.15) is 38.8 Å². The number of nitrogens with zero attached hydrogens (tertiary/aromatic N) is 3. The van der Waals surface area contributed by atoms with Crippen molar-refractivity contribution in [1.29, 1.82) is 0 Å². The third-order valence-electron chi connectivity index (χ3n) is 4.41. The maximum absolute atomic E-state index is 12.8. The van der Waals surface area contributed by atoms with E-state index in [-0.39, 0.29) is 5.91 Å². The maximum atomic E-state index is 12.8. The topological polar surface area (TPSA) is 51.3 Å². The lowest BCUT2D eigenvalue weighted by molar-refractivity contribution is 0.0781. The molecule has 5 nitrogen and oxygen atoms in total. The normalized spacial score (nSPS) is 10.9. The van der Waals surface area contributed by atoms with Crippen molar-refractivity contribution in [3.63, 3.8) is 0 Å². The molecule has 0 bridgehead atoms. The van der Waals surface area contributed by atoms with Gasteiger partial charge < -0.3 is 14.0 Å². The van der Waals surface area contributed by atoms with E-state index in [4.69, 9.17) is 4.52 Å². The first kappa shape index (κ1) is 17.0. The van der Waals surface area contributed by atoms with Crippen LogP contribution in [-0.2, 0) is 13.1 Å². The summed E-state index contributed by atoms with van der Waals surface area (Å²) in [6, 6.07) is 14.1. The monoisotopic (exact) mass is 337 g/mol. The first-order chi connectivity index (χ1) is 12.0. The van der Waals surface area contributed by atoms with E-state index in [0.29, 0.717) is 6.54 Å². The number of rotatable bonds is 5. The molecule has 0 atom stereocenters. The van der Waals surface area contributed by atoms with Crippen LogP contribution in [0.15, 0.2) is 47.0 Å². The van der Waals surface area contributed by atoms with Gasteiger partial charge in [0.15, 0.2) is 0 Å². The molecule has 25 heavy (non-hydrogen) atoms. The SMILES string of the molecule is Cc1cc(CN(C)C(=O)c2cc(C)n(Cc3ccccc3)c2C)no1. The molecule has 0 aliphatic rings. The minimum absolute atomic E-state index is 0.00642. The van der Waals surface area contributed by atoms with Gasteiger partial charge in [-0.1, -0.05) is 35.5 Å². The van der Waals surface area contributed by atoms with Gasteiger partial charge in [-0.05, 0) is 32.4 Å². The van der Waals surface area contributed by atoms with Gasteiger partial charge in [0, 0.05) is 31.0 Å². The summed E-state index contributed by atoms with van der Waals surface area (Å²) in [7, 11) is 1.79. The van der Waals surface area contributed by atoms with Crippen LogP contribution < -0.4 is 0 Å². The first-order valence-electron chi connectivity index (χ1n) is 8.34. The van der Waals surface area contributed by atoms with Gasteiger partial charge in [0.25, 0.3) is 5.91 Å². The highest BCUT2D eigenvalue weighted by Crippen LogP contribution is 2.19. The molecule has 0 spiro atoms. The van der Waals surface area contributed by atoms with Crippen LogP contribution in [0.3, 0.4) is 0 Å². The Labute approximate surface area is 147 Å². The Bertz CT molecular complexity index is 878. The average molecular weight is 337 g/mol. The summed E-state index contributed by atoms with van der Waals surface area (Å²) in [6.45, 7) is 7.07. The van der Waals surface area contributed by atoms with Crippen molar-refractivity contribution in [1.82, 2.24) is 14.6 Å². The van der Waals surface area contributed by atoms with Crippen LogP contribution in [0.5, 0.6) is 0 Å². The van der Waals surface area contributed by atoms with E-state index in [1.807, 2.05) is 51.1 Å². The van der Waals surface area contributed by atoms with E-state index in [2.05, 4.69) is 21.9 Å². The zero-order valence-electron chi connectivity index (χ0n) is 15.1. The zero-order valence-corrected chi connectivity index (χ0v) is 15.1. The molecule has 0 aliphatic carbocycles. The summed E-state index contributed by atoms with van der Waals surface area (Å²) in [4.78, 5) is 14.5. The fourth-order valence-corrected chi connectivity index (χ4v) is 3.04. The number of hydrogen-bond acceptors (Lipinski definition) is 3. The highest BCUT2D eigenvalue weighted by Gasteiger charge is 2.20. The fourth-order valence-electron chi connectivity index (χ4n) is 3.04. The van der Waals surface area contributed by atoms with Gasteiger partial charge in [0.05, 0.1) is 12.1 Å². The van der Waals surface area contributed by atoms with Crippen molar-refractivity contribution in [3.8, 4) is 0 Å². The third kappa shape index (κ3) is 3.65. The number of aromatic nitrogens is 2. The lowest BCUT2D eigenvalue weighted by Crippen LogP contribution is -2.26. The van der Waals surface area contributed by atoms with Gasteiger partial charge in [-0.3, -0.25) is 4.79 Å². The Morgan fingerprint density at radius 1 is 1.16 bits per heavy atom. The highest BCUT2D eigenvalue weighted by molar-refractivity contribution is 5.95. The molecule has 1 amide bonds. The number of carbonyl (C=O) groups excluding carboxylic acids is 1. The van der Waals surface area contributed by atoms with Crippen molar-refractivity contribution >= 4 is 5.91 Å². The van der Waals surface area contributed by atoms with E-state index in [9.17, 15) is 4.79 Å². The minimum Gasteiger partial charge on any atom is -0.361 e. The number of aryl methyl sites for hydroxylation is 2. The molecule has 0 fully saturated rings. The van der Waals surface area contributed by atoms with Crippen LogP contribution in [0, 0.1) is 20.8 Å². The summed E-state index contributed by atoms with van der Waals surface area (Å²) in [5, 5.41) is 3.96. The van der Waals surface area contributed by atoms with Gasteiger partial charge in [0.1, 0.15) is 11.5 Å². The Morgan fingerprint density at radius 2 is 1.88 bits per heavy atom. The molecule has 1 aromatic carbocycles. The Hall–Kier alpha value is -2.82. The lowest BCUT2D eigenvalue weighted by atomic mass is 10.2. The van der Waals surface area contributed by atoms with Crippen LogP contribution in [-0.4, -0.2) is 27.6 Å². The molecular formula is C20H23N3O2. The van der Waals surface area contributed by atoms with Crippen LogP contribution in [0.4, 0.5) is 0 Å². The number of amides is 1. The van der Waals surface area contributed by atoms with Gasteiger partial charge in [0.2, 0.25) is 0 Å². The molecule has 2 aromatic heterocycles. The third-order valence-corrected chi connectivity index (χ3v) is 4.41. The summed E-state index contributed by atoms with van der Waals surface area (Å²) >= 11 is 0. The predicted octanol–water partition coefficient (Wildman–Crippen LogP) is 3.72. The van der Waals surface area contributed by atoms with Crippen molar-refractivity contribution < 1.29 is 9.32 Å². The van der Waals surface area contributed by atoms with Gasteiger partial charge in [-0.2, -0.15) is 0 Å². The van der Waals surface area contributed by atoms with Gasteiger partial charge >= 0.3 is 0 Å². The number of hydrogen-bond donors (Lipinski definition) is 0. The Morgan fingerprint density at radius 3 is 2.52 bits per heavy atom. The fraction of sp³-hybridized carbons (Fsp3) is 0.300. The molecule has 0 saturated heterocycles. The first-order valence-corrected chi connectivity index (χ1v) is 8.34.